The molecule has 0 radical (unpaired) electrons. The van der Waals surface area contributed by atoms with Crippen LogP contribution in [0.4, 0.5) is 5.69 Å². The zero-order valence-electron chi connectivity index (χ0n) is 12.1. The van der Waals surface area contributed by atoms with Crippen LogP contribution in [0.3, 0.4) is 0 Å². The molecule has 1 heterocycles. The van der Waals surface area contributed by atoms with Crippen LogP contribution < -0.4 is 5.73 Å². The number of benzene rings is 1. The first kappa shape index (κ1) is 13.9. The summed E-state index contributed by atoms with van der Waals surface area (Å²) in [5.41, 5.74) is 8.79. The second-order valence-electron chi connectivity index (χ2n) is 6.12. The number of nitrogens with zero attached hydrogens (tertiary/aromatic N) is 1. The highest BCUT2D eigenvalue weighted by atomic mass is 16.2. The lowest BCUT2D eigenvalue weighted by molar-refractivity contribution is -0.133. The number of amides is 1. The molecule has 1 fully saturated rings. The number of hydrogen-bond acceptors (Lipinski definition) is 2. The van der Waals surface area contributed by atoms with E-state index in [9.17, 15) is 4.79 Å². The van der Waals surface area contributed by atoms with E-state index >= 15 is 0 Å². The first-order valence-corrected chi connectivity index (χ1v) is 7.08. The Bertz CT molecular complexity index is 460. The largest absolute Gasteiger partial charge is 0.398 e. The third-order valence-corrected chi connectivity index (χ3v) is 3.86. The van der Waals surface area contributed by atoms with Gasteiger partial charge in [-0.3, -0.25) is 4.79 Å². The minimum atomic E-state index is 0.203. The maximum atomic E-state index is 12.4. The molecular weight excluding hydrogens is 236 g/mol. The summed E-state index contributed by atoms with van der Waals surface area (Å²) in [6, 6.07) is 5.92. The molecule has 0 saturated carbocycles. The van der Waals surface area contributed by atoms with Gasteiger partial charge in [0.1, 0.15) is 0 Å². The number of aryl methyl sites for hydroxylation is 1. The average molecular weight is 260 g/mol. The van der Waals surface area contributed by atoms with Crippen molar-refractivity contribution in [1.29, 1.82) is 0 Å². The van der Waals surface area contributed by atoms with Crippen molar-refractivity contribution in [2.45, 2.75) is 33.6 Å². The lowest BCUT2D eigenvalue weighted by atomic mass is 9.91. The Balaban J connectivity index is 2.04. The quantitative estimate of drug-likeness (QED) is 0.831. The highest BCUT2D eigenvalue weighted by Crippen LogP contribution is 2.22. The van der Waals surface area contributed by atoms with Crippen LogP contribution >= 0.6 is 0 Å². The minimum absolute atomic E-state index is 0.203. The highest BCUT2D eigenvalue weighted by molar-refractivity contribution is 5.80. The van der Waals surface area contributed by atoms with Gasteiger partial charge in [-0.15, -0.1) is 0 Å². The number of piperidine rings is 1. The summed E-state index contributed by atoms with van der Waals surface area (Å²) in [6.45, 7) is 8.21. The second-order valence-corrected chi connectivity index (χ2v) is 6.12. The van der Waals surface area contributed by atoms with Crippen LogP contribution in [0.1, 0.15) is 31.4 Å². The van der Waals surface area contributed by atoms with E-state index in [1.807, 2.05) is 30.0 Å². The molecule has 0 unspecified atom stereocenters. The van der Waals surface area contributed by atoms with Crippen molar-refractivity contribution in [3.63, 3.8) is 0 Å². The molecule has 1 amide bonds. The Kier molecular flexibility index (Phi) is 4.13. The normalized spacial score (nSPS) is 23.4. The molecule has 19 heavy (non-hydrogen) atoms. The number of anilines is 1. The molecule has 1 saturated heterocycles. The number of nitrogens with two attached hydrogens (primary N) is 1. The molecule has 0 spiro atoms. The molecule has 1 aromatic rings. The van der Waals surface area contributed by atoms with E-state index in [1.165, 1.54) is 6.42 Å². The molecule has 104 valence electrons. The summed E-state index contributed by atoms with van der Waals surface area (Å²) in [4.78, 5) is 14.4. The number of carbonyl (C=O) groups is 1. The Morgan fingerprint density at radius 1 is 1.32 bits per heavy atom. The summed E-state index contributed by atoms with van der Waals surface area (Å²) in [5.74, 6) is 1.40. The van der Waals surface area contributed by atoms with E-state index in [1.54, 1.807) is 0 Å². The maximum absolute atomic E-state index is 12.4. The van der Waals surface area contributed by atoms with Crippen molar-refractivity contribution in [2.24, 2.45) is 11.8 Å². The van der Waals surface area contributed by atoms with Gasteiger partial charge in [0.2, 0.25) is 5.91 Å². The van der Waals surface area contributed by atoms with Crippen molar-refractivity contribution in [3.05, 3.63) is 29.3 Å². The van der Waals surface area contributed by atoms with E-state index in [4.69, 9.17) is 5.73 Å². The van der Waals surface area contributed by atoms with E-state index in [0.717, 1.165) is 29.9 Å². The molecule has 0 aromatic heterocycles. The van der Waals surface area contributed by atoms with Gasteiger partial charge >= 0.3 is 0 Å². The second kappa shape index (κ2) is 5.64. The summed E-state index contributed by atoms with van der Waals surface area (Å²) in [5, 5.41) is 0. The standard InChI is InChI=1S/C16H24N2O/c1-11-4-5-14(15(17)7-11)8-16(19)18-9-12(2)6-13(3)10-18/h4-5,7,12-13H,6,8-10,17H2,1-3H3/t12-,13-/m1/s1. The Morgan fingerprint density at radius 2 is 1.95 bits per heavy atom. The van der Waals surface area contributed by atoms with Gasteiger partial charge in [0.05, 0.1) is 6.42 Å². The fourth-order valence-electron chi connectivity index (χ4n) is 3.02. The molecule has 2 N–H and O–H groups in total. The zero-order chi connectivity index (χ0) is 14.0. The zero-order valence-corrected chi connectivity index (χ0v) is 12.1. The van der Waals surface area contributed by atoms with E-state index in [0.29, 0.717) is 18.3 Å². The van der Waals surface area contributed by atoms with E-state index in [-0.39, 0.29) is 5.91 Å². The predicted molar refractivity (Wildman–Crippen MR) is 78.8 cm³/mol. The van der Waals surface area contributed by atoms with Gasteiger partial charge in [0.25, 0.3) is 0 Å². The van der Waals surface area contributed by atoms with E-state index < -0.39 is 0 Å². The molecule has 0 bridgehead atoms. The topological polar surface area (TPSA) is 46.3 Å². The Labute approximate surface area is 115 Å². The number of nitrogen functional groups attached to an aromatic ring is 1. The Hall–Kier alpha value is -1.51. The van der Waals surface area contributed by atoms with Gasteiger partial charge in [0, 0.05) is 18.8 Å². The van der Waals surface area contributed by atoms with E-state index in [2.05, 4.69) is 13.8 Å². The number of likely N-dealkylation sites (tertiary alicyclic amines) is 1. The third kappa shape index (κ3) is 3.49. The molecular formula is C16H24N2O. The number of carbonyl (C=O) groups excluding carboxylic acids is 1. The van der Waals surface area contributed by atoms with Crippen LogP contribution in [-0.2, 0) is 11.2 Å². The predicted octanol–water partition coefficient (Wildman–Crippen LogP) is 2.62. The summed E-state index contributed by atoms with van der Waals surface area (Å²) < 4.78 is 0. The maximum Gasteiger partial charge on any atom is 0.227 e. The molecule has 0 aliphatic carbocycles. The van der Waals surface area contributed by atoms with Crippen molar-refractivity contribution >= 4 is 11.6 Å². The Morgan fingerprint density at radius 3 is 2.53 bits per heavy atom. The van der Waals surface area contributed by atoms with Crippen LogP contribution in [0, 0.1) is 18.8 Å². The van der Waals surface area contributed by atoms with Gasteiger partial charge in [-0.2, -0.15) is 0 Å². The lowest BCUT2D eigenvalue weighted by Gasteiger charge is -2.35. The average Bonchev–Trinajstić information content (AvgIpc) is 2.31. The summed E-state index contributed by atoms with van der Waals surface area (Å²) in [7, 11) is 0. The van der Waals surface area contributed by atoms with Gasteiger partial charge in [-0.25, -0.2) is 0 Å². The highest BCUT2D eigenvalue weighted by Gasteiger charge is 2.25. The molecule has 1 aliphatic heterocycles. The fourth-order valence-corrected chi connectivity index (χ4v) is 3.02. The number of hydrogen-bond donors (Lipinski definition) is 1. The molecule has 3 nitrogen and oxygen atoms in total. The molecule has 2 atom stereocenters. The first-order valence-electron chi connectivity index (χ1n) is 7.08. The van der Waals surface area contributed by atoms with Crippen LogP contribution in [0.5, 0.6) is 0 Å². The van der Waals surface area contributed by atoms with Crippen LogP contribution in [0.25, 0.3) is 0 Å². The van der Waals surface area contributed by atoms with Gasteiger partial charge in [-0.1, -0.05) is 26.0 Å². The third-order valence-electron chi connectivity index (χ3n) is 3.86. The van der Waals surface area contributed by atoms with Crippen LogP contribution in [-0.4, -0.2) is 23.9 Å². The van der Waals surface area contributed by atoms with Crippen LogP contribution in [0.2, 0.25) is 0 Å². The van der Waals surface area contributed by atoms with Gasteiger partial charge in [-0.05, 0) is 42.4 Å². The fraction of sp³-hybridized carbons (Fsp3) is 0.562. The molecule has 1 aromatic carbocycles. The summed E-state index contributed by atoms with van der Waals surface area (Å²) in [6.07, 6.45) is 1.64. The molecule has 2 rings (SSSR count). The smallest absolute Gasteiger partial charge is 0.227 e. The lowest BCUT2D eigenvalue weighted by Crippen LogP contribution is -2.43. The number of rotatable bonds is 2. The molecule has 1 aliphatic rings. The van der Waals surface area contributed by atoms with Crippen LogP contribution in [0.15, 0.2) is 18.2 Å². The molecule has 3 heteroatoms. The first-order chi connectivity index (χ1) is 8.95. The van der Waals surface area contributed by atoms with Gasteiger partial charge < -0.3 is 10.6 Å². The van der Waals surface area contributed by atoms with Crippen molar-refractivity contribution in [1.82, 2.24) is 4.90 Å². The SMILES string of the molecule is Cc1ccc(CC(=O)N2C[C@H](C)C[C@@H](C)C2)c(N)c1. The summed E-state index contributed by atoms with van der Waals surface area (Å²) >= 11 is 0. The van der Waals surface area contributed by atoms with Crippen molar-refractivity contribution < 1.29 is 4.79 Å². The minimum Gasteiger partial charge on any atom is -0.398 e. The van der Waals surface area contributed by atoms with Crippen molar-refractivity contribution in [2.75, 3.05) is 18.8 Å². The van der Waals surface area contributed by atoms with Gasteiger partial charge in [0.15, 0.2) is 0 Å². The monoisotopic (exact) mass is 260 g/mol. The van der Waals surface area contributed by atoms with Crippen molar-refractivity contribution in [3.8, 4) is 0 Å².